The second-order valence-corrected chi connectivity index (χ2v) is 4.81. The van der Waals surface area contributed by atoms with Crippen molar-refractivity contribution < 1.29 is 14.7 Å². The van der Waals surface area contributed by atoms with Crippen molar-refractivity contribution in [3.63, 3.8) is 0 Å². The number of hydrogen-bond donors (Lipinski definition) is 1. The Balaban J connectivity index is 3.11. The highest BCUT2D eigenvalue weighted by atomic mass is 16.4. The van der Waals surface area contributed by atoms with Gasteiger partial charge >= 0.3 is 5.97 Å². The summed E-state index contributed by atoms with van der Waals surface area (Å²) >= 11 is 0. The highest BCUT2D eigenvalue weighted by Gasteiger charge is 2.36. The molecule has 0 bridgehead atoms. The summed E-state index contributed by atoms with van der Waals surface area (Å²) in [5, 5.41) is 9.11. The Morgan fingerprint density at radius 3 is 2.28 bits per heavy atom. The van der Waals surface area contributed by atoms with Gasteiger partial charge in [-0.2, -0.15) is 0 Å². The number of pyridine rings is 1. The number of carbonyl (C=O) groups is 2. The third-order valence-corrected chi connectivity index (χ3v) is 3.12. The predicted octanol–water partition coefficient (Wildman–Crippen LogP) is 1.63. The molecule has 18 heavy (non-hydrogen) atoms. The van der Waals surface area contributed by atoms with Crippen LogP contribution in [0.2, 0.25) is 0 Å². The third-order valence-electron chi connectivity index (χ3n) is 3.12. The number of rotatable bonds is 3. The van der Waals surface area contributed by atoms with Gasteiger partial charge in [0.25, 0.3) is 5.91 Å². The number of amides is 1. The molecule has 0 aromatic carbocycles. The van der Waals surface area contributed by atoms with Crippen LogP contribution in [0.25, 0.3) is 0 Å². The van der Waals surface area contributed by atoms with Crippen molar-refractivity contribution in [2.45, 2.75) is 33.2 Å². The third kappa shape index (κ3) is 2.50. The van der Waals surface area contributed by atoms with Crippen molar-refractivity contribution in [2.75, 3.05) is 7.05 Å². The van der Waals surface area contributed by atoms with E-state index in [4.69, 9.17) is 5.11 Å². The van der Waals surface area contributed by atoms with Gasteiger partial charge in [-0.05, 0) is 39.8 Å². The first-order valence-electron chi connectivity index (χ1n) is 5.63. The van der Waals surface area contributed by atoms with Crippen LogP contribution in [0.15, 0.2) is 12.1 Å². The van der Waals surface area contributed by atoms with E-state index in [1.165, 1.54) is 25.8 Å². The van der Waals surface area contributed by atoms with Gasteiger partial charge in [0.1, 0.15) is 5.54 Å². The quantitative estimate of drug-likeness (QED) is 0.885. The zero-order chi connectivity index (χ0) is 14.1. The van der Waals surface area contributed by atoms with Crippen LogP contribution < -0.4 is 0 Å². The summed E-state index contributed by atoms with van der Waals surface area (Å²) in [7, 11) is 1.48. The number of aromatic nitrogens is 1. The molecule has 0 saturated heterocycles. The molecule has 0 spiro atoms. The summed E-state index contributed by atoms with van der Waals surface area (Å²) in [6, 6.07) is 3.41. The number of carboxylic acids is 1. The monoisotopic (exact) mass is 250 g/mol. The molecule has 0 aliphatic carbocycles. The lowest BCUT2D eigenvalue weighted by Gasteiger charge is -2.31. The van der Waals surface area contributed by atoms with Crippen molar-refractivity contribution in [1.82, 2.24) is 9.88 Å². The molecular formula is C13H18N2O3. The summed E-state index contributed by atoms with van der Waals surface area (Å²) in [5.41, 5.74) is 0.601. The maximum absolute atomic E-state index is 12.3. The Hall–Kier alpha value is -1.91. The van der Waals surface area contributed by atoms with Crippen LogP contribution in [0.3, 0.4) is 0 Å². The molecule has 0 radical (unpaired) electrons. The molecule has 0 aliphatic rings. The minimum atomic E-state index is -1.26. The Morgan fingerprint density at radius 1 is 1.28 bits per heavy atom. The van der Waals surface area contributed by atoms with Crippen molar-refractivity contribution in [3.8, 4) is 0 Å². The van der Waals surface area contributed by atoms with Crippen molar-refractivity contribution in [1.29, 1.82) is 0 Å². The van der Waals surface area contributed by atoms with E-state index >= 15 is 0 Å². The highest BCUT2D eigenvalue weighted by Crippen LogP contribution is 2.17. The average Bonchev–Trinajstić information content (AvgIpc) is 2.26. The van der Waals surface area contributed by atoms with Gasteiger partial charge in [0.05, 0.1) is 11.3 Å². The maximum Gasteiger partial charge on any atom is 0.329 e. The minimum absolute atomic E-state index is 0.340. The molecule has 98 valence electrons. The Morgan fingerprint density at radius 2 is 1.83 bits per heavy atom. The van der Waals surface area contributed by atoms with Crippen LogP contribution in [0.1, 0.15) is 35.6 Å². The molecule has 1 aromatic rings. The van der Waals surface area contributed by atoms with Crippen LogP contribution >= 0.6 is 0 Å². The largest absolute Gasteiger partial charge is 0.480 e. The summed E-state index contributed by atoms with van der Waals surface area (Å²) in [6.07, 6.45) is 0. The number of aliphatic carboxylic acids is 1. The van der Waals surface area contributed by atoms with E-state index in [1.807, 2.05) is 6.92 Å². The molecule has 0 aliphatic heterocycles. The molecule has 1 heterocycles. The predicted molar refractivity (Wildman–Crippen MR) is 67.5 cm³/mol. The summed E-state index contributed by atoms with van der Waals surface area (Å²) in [6.45, 7) is 6.56. The molecule has 1 rings (SSSR count). The molecule has 1 aromatic heterocycles. The molecule has 1 N–H and O–H groups in total. The second kappa shape index (κ2) is 4.76. The lowest BCUT2D eigenvalue weighted by atomic mass is 10.0. The van der Waals surface area contributed by atoms with Crippen LogP contribution in [0.5, 0.6) is 0 Å². The second-order valence-electron chi connectivity index (χ2n) is 4.81. The molecule has 0 fully saturated rings. The molecule has 0 atom stereocenters. The van der Waals surface area contributed by atoms with E-state index in [0.29, 0.717) is 11.3 Å². The van der Waals surface area contributed by atoms with Gasteiger partial charge in [-0.3, -0.25) is 9.78 Å². The normalized spacial score (nSPS) is 11.2. The SMILES string of the molecule is Cc1ccc(C(=O)N(C)C(C)(C)C(=O)O)c(C)n1. The van der Waals surface area contributed by atoms with Gasteiger partial charge in [0.15, 0.2) is 0 Å². The van der Waals surface area contributed by atoms with E-state index in [2.05, 4.69) is 4.98 Å². The Kier molecular flexibility index (Phi) is 3.74. The standard InChI is InChI=1S/C13H18N2O3/c1-8-6-7-10(9(2)14-8)11(16)15(5)13(3,4)12(17)18/h6-7H,1-5H3,(H,17,18). The Bertz CT molecular complexity index is 495. The van der Waals surface area contributed by atoms with E-state index < -0.39 is 11.5 Å². The van der Waals surface area contributed by atoms with Gasteiger partial charge in [-0.1, -0.05) is 0 Å². The maximum atomic E-state index is 12.3. The number of carboxylic acid groups (broad SMARTS) is 1. The first-order chi connectivity index (χ1) is 8.17. The van der Waals surface area contributed by atoms with Crippen molar-refractivity contribution >= 4 is 11.9 Å². The van der Waals surface area contributed by atoms with Gasteiger partial charge in [0, 0.05) is 12.7 Å². The van der Waals surface area contributed by atoms with Crippen LogP contribution in [-0.2, 0) is 4.79 Å². The number of aryl methyl sites for hydroxylation is 2. The van der Waals surface area contributed by atoms with Gasteiger partial charge in [-0.25, -0.2) is 4.79 Å². The first-order valence-corrected chi connectivity index (χ1v) is 5.63. The number of carbonyl (C=O) groups excluding carboxylic acids is 1. The number of nitrogens with zero attached hydrogens (tertiary/aromatic N) is 2. The fourth-order valence-electron chi connectivity index (χ4n) is 1.49. The van der Waals surface area contributed by atoms with E-state index in [-0.39, 0.29) is 5.91 Å². The van der Waals surface area contributed by atoms with Gasteiger partial charge in [0.2, 0.25) is 0 Å². The van der Waals surface area contributed by atoms with Gasteiger partial charge < -0.3 is 10.0 Å². The highest BCUT2D eigenvalue weighted by molar-refractivity contribution is 5.98. The van der Waals surface area contributed by atoms with Crippen molar-refractivity contribution in [2.24, 2.45) is 0 Å². The zero-order valence-corrected chi connectivity index (χ0v) is 11.3. The topological polar surface area (TPSA) is 70.5 Å². The summed E-state index contributed by atoms with van der Waals surface area (Å²) in [4.78, 5) is 28.8. The van der Waals surface area contributed by atoms with E-state index in [9.17, 15) is 9.59 Å². The first kappa shape index (κ1) is 14.2. The average molecular weight is 250 g/mol. The van der Waals surface area contributed by atoms with Crippen LogP contribution in [-0.4, -0.2) is 39.5 Å². The van der Waals surface area contributed by atoms with Gasteiger partial charge in [-0.15, -0.1) is 0 Å². The fourth-order valence-corrected chi connectivity index (χ4v) is 1.49. The summed E-state index contributed by atoms with van der Waals surface area (Å²) in [5.74, 6) is -1.39. The fraction of sp³-hybridized carbons (Fsp3) is 0.462. The lowest BCUT2D eigenvalue weighted by Crippen LogP contribution is -2.50. The molecule has 0 saturated carbocycles. The van der Waals surface area contributed by atoms with E-state index in [1.54, 1.807) is 19.1 Å². The number of hydrogen-bond acceptors (Lipinski definition) is 3. The Labute approximate surface area is 106 Å². The zero-order valence-electron chi connectivity index (χ0n) is 11.3. The minimum Gasteiger partial charge on any atom is -0.480 e. The molecule has 5 nitrogen and oxygen atoms in total. The lowest BCUT2D eigenvalue weighted by molar-refractivity contribution is -0.147. The molecule has 1 amide bonds. The number of likely N-dealkylation sites (N-methyl/N-ethyl adjacent to an activating group) is 1. The molecule has 0 unspecified atom stereocenters. The van der Waals surface area contributed by atoms with Crippen LogP contribution in [0.4, 0.5) is 0 Å². The molecule has 5 heteroatoms. The molecular weight excluding hydrogens is 232 g/mol. The van der Waals surface area contributed by atoms with E-state index in [0.717, 1.165) is 5.69 Å². The van der Waals surface area contributed by atoms with Crippen LogP contribution in [0, 0.1) is 13.8 Å². The smallest absolute Gasteiger partial charge is 0.329 e. The van der Waals surface area contributed by atoms with Crippen molar-refractivity contribution in [3.05, 3.63) is 29.1 Å². The summed E-state index contributed by atoms with van der Waals surface area (Å²) < 4.78 is 0.